The lowest BCUT2D eigenvalue weighted by molar-refractivity contribution is -0.136. The molecule has 1 atom stereocenters. The number of nitrogens with one attached hydrogen (secondary N) is 2. The van der Waals surface area contributed by atoms with E-state index in [-0.39, 0.29) is 49.0 Å². The first-order valence-electron chi connectivity index (χ1n) is 12.7. The Morgan fingerprint density at radius 3 is 2.61 bits per heavy atom. The van der Waals surface area contributed by atoms with Gasteiger partial charge in [-0.25, -0.2) is 0 Å². The van der Waals surface area contributed by atoms with Gasteiger partial charge in [0.15, 0.2) is 5.69 Å². The summed E-state index contributed by atoms with van der Waals surface area (Å²) in [4.78, 5) is 39.8. The van der Waals surface area contributed by atoms with Gasteiger partial charge in [0, 0.05) is 50.6 Å². The molecule has 2 aliphatic rings. The molecule has 0 radical (unpaired) electrons. The largest absolute Gasteiger partial charge is 0.508 e. The number of carbonyl (C=O) groups excluding carboxylic acids is 3. The first kappa shape index (κ1) is 25.7. The molecule has 10 heteroatoms. The number of piperidine rings is 1. The van der Waals surface area contributed by atoms with E-state index in [1.165, 1.54) is 0 Å². The van der Waals surface area contributed by atoms with Gasteiger partial charge >= 0.3 is 0 Å². The number of carbonyl (C=O) groups is 3. The van der Waals surface area contributed by atoms with E-state index >= 15 is 0 Å². The summed E-state index contributed by atoms with van der Waals surface area (Å²) in [7, 11) is 0. The van der Waals surface area contributed by atoms with E-state index in [2.05, 4.69) is 15.8 Å². The molecule has 1 aromatic carbocycles. The zero-order chi connectivity index (χ0) is 25.7. The molecule has 3 amide bonds. The molecule has 1 aromatic heterocycles. The van der Waals surface area contributed by atoms with E-state index in [0.717, 1.165) is 29.7 Å². The Balaban J connectivity index is 1.33. The van der Waals surface area contributed by atoms with Crippen molar-refractivity contribution in [2.75, 3.05) is 26.2 Å². The molecule has 5 N–H and O–H groups in total. The molecule has 0 bridgehead atoms. The Hall–Kier alpha value is -3.40. The summed E-state index contributed by atoms with van der Waals surface area (Å²) in [6.07, 6.45) is 4.07. The van der Waals surface area contributed by atoms with Gasteiger partial charge in [-0.05, 0) is 56.2 Å². The number of nitrogens with zero attached hydrogens (tertiary/aromatic N) is 2. The van der Waals surface area contributed by atoms with Crippen molar-refractivity contribution in [2.24, 2.45) is 11.7 Å². The van der Waals surface area contributed by atoms with Crippen LogP contribution in [0.2, 0.25) is 0 Å². The van der Waals surface area contributed by atoms with Gasteiger partial charge in [-0.3, -0.25) is 14.4 Å². The van der Waals surface area contributed by atoms with Crippen LogP contribution in [0.25, 0.3) is 0 Å². The number of hydrogen-bond donors (Lipinski definition) is 4. The van der Waals surface area contributed by atoms with Gasteiger partial charge in [-0.15, -0.1) is 0 Å². The molecule has 0 spiro atoms. The maximum atomic E-state index is 13.4. The number of aryl methyl sites for hydroxylation is 1. The molecule has 2 aromatic rings. The normalized spacial score (nSPS) is 17.0. The van der Waals surface area contributed by atoms with Crippen LogP contribution in [0.5, 0.6) is 5.75 Å². The van der Waals surface area contributed by atoms with Crippen LogP contribution >= 0.6 is 0 Å². The van der Waals surface area contributed by atoms with E-state index in [1.807, 2.05) is 13.0 Å². The maximum Gasteiger partial charge on any atom is 0.273 e. The van der Waals surface area contributed by atoms with Crippen LogP contribution in [0.4, 0.5) is 0 Å². The van der Waals surface area contributed by atoms with Crippen molar-refractivity contribution < 1.29 is 24.0 Å². The Labute approximate surface area is 210 Å². The number of phenolic OH excluding ortho intramolecular Hbond substituents is 1. The highest BCUT2D eigenvalue weighted by molar-refractivity contribution is 5.92. The lowest BCUT2D eigenvalue weighted by Crippen LogP contribution is -2.49. The zero-order valence-corrected chi connectivity index (χ0v) is 20.7. The molecule has 4 rings (SSSR count). The highest BCUT2D eigenvalue weighted by atomic mass is 16.5. The van der Waals surface area contributed by atoms with Gasteiger partial charge in [0.25, 0.3) is 5.91 Å². The molecule has 1 aliphatic carbocycles. The summed E-state index contributed by atoms with van der Waals surface area (Å²) in [5.74, 6) is 0.453. The first-order valence-corrected chi connectivity index (χ1v) is 12.7. The number of likely N-dealkylation sites (tertiary alicyclic amines) is 1. The SMILES string of the molecule is Cc1cc(CC(CNC(=O)CCN)C(=O)N2CCC(NC(=O)c3cc(C4CC4)on3)CC2)ccc1O. The van der Waals surface area contributed by atoms with E-state index in [9.17, 15) is 19.5 Å². The Morgan fingerprint density at radius 1 is 1.19 bits per heavy atom. The van der Waals surface area contributed by atoms with Gasteiger partial charge in [-0.2, -0.15) is 0 Å². The van der Waals surface area contributed by atoms with Gasteiger partial charge in [0.1, 0.15) is 11.5 Å². The molecule has 2 fully saturated rings. The van der Waals surface area contributed by atoms with Crippen molar-refractivity contribution in [3.8, 4) is 5.75 Å². The number of aromatic hydroxyl groups is 1. The van der Waals surface area contributed by atoms with Crippen molar-refractivity contribution in [3.05, 3.63) is 46.8 Å². The predicted molar refractivity (Wildman–Crippen MR) is 132 cm³/mol. The number of aromatic nitrogens is 1. The maximum absolute atomic E-state index is 13.4. The molecule has 1 unspecified atom stereocenters. The summed E-state index contributed by atoms with van der Waals surface area (Å²) in [6.45, 7) is 3.29. The van der Waals surface area contributed by atoms with Crippen LogP contribution in [-0.2, 0) is 16.0 Å². The van der Waals surface area contributed by atoms with Crippen molar-refractivity contribution >= 4 is 17.7 Å². The Morgan fingerprint density at radius 2 is 1.94 bits per heavy atom. The van der Waals surface area contributed by atoms with Crippen molar-refractivity contribution in [3.63, 3.8) is 0 Å². The van der Waals surface area contributed by atoms with Crippen LogP contribution in [0, 0.1) is 12.8 Å². The third kappa shape index (κ3) is 6.63. The quantitative estimate of drug-likeness (QED) is 0.389. The fourth-order valence-electron chi connectivity index (χ4n) is 4.55. The molecule has 36 heavy (non-hydrogen) atoms. The van der Waals surface area contributed by atoms with Crippen molar-refractivity contribution in [2.45, 2.75) is 57.4 Å². The first-order chi connectivity index (χ1) is 17.3. The lowest BCUT2D eigenvalue weighted by atomic mass is 9.94. The fraction of sp³-hybridized carbons (Fsp3) is 0.538. The number of amides is 3. The van der Waals surface area contributed by atoms with Crippen LogP contribution < -0.4 is 16.4 Å². The second-order valence-electron chi connectivity index (χ2n) is 9.83. The summed E-state index contributed by atoms with van der Waals surface area (Å²) in [5, 5.41) is 19.6. The second kappa shape index (κ2) is 11.6. The molecule has 194 valence electrons. The standard InChI is InChI=1S/C26H35N5O5/c1-16-12-17(2-5-22(16)32)13-19(15-28-24(33)6-9-27)26(35)31-10-7-20(8-11-31)29-25(34)21-14-23(36-30-21)18-3-4-18/h2,5,12,14,18-20,32H,3-4,6-11,13,15,27H2,1H3,(H,28,33)(H,29,34). The minimum Gasteiger partial charge on any atom is -0.508 e. The van der Waals surface area contributed by atoms with E-state index in [1.54, 1.807) is 23.1 Å². The van der Waals surface area contributed by atoms with Gasteiger partial charge in [0.05, 0.1) is 5.92 Å². The van der Waals surface area contributed by atoms with Gasteiger partial charge in [0.2, 0.25) is 11.8 Å². The number of hydrogen-bond acceptors (Lipinski definition) is 7. The van der Waals surface area contributed by atoms with Crippen molar-refractivity contribution in [1.29, 1.82) is 0 Å². The molecular formula is C26H35N5O5. The topological polar surface area (TPSA) is 151 Å². The monoisotopic (exact) mass is 497 g/mol. The lowest BCUT2D eigenvalue weighted by Gasteiger charge is -2.34. The minimum atomic E-state index is -0.446. The third-order valence-electron chi connectivity index (χ3n) is 6.89. The number of nitrogens with two attached hydrogens (primary N) is 1. The van der Waals surface area contributed by atoms with Crippen LogP contribution in [-0.4, -0.2) is 65.1 Å². The molecule has 10 nitrogen and oxygen atoms in total. The predicted octanol–water partition coefficient (Wildman–Crippen LogP) is 1.61. The highest BCUT2D eigenvalue weighted by Gasteiger charge is 2.31. The van der Waals surface area contributed by atoms with Crippen LogP contribution in [0.15, 0.2) is 28.8 Å². The number of phenols is 1. The fourth-order valence-corrected chi connectivity index (χ4v) is 4.55. The summed E-state index contributed by atoms with van der Waals surface area (Å²) in [5.41, 5.74) is 7.42. The van der Waals surface area contributed by atoms with E-state index in [0.29, 0.717) is 44.0 Å². The van der Waals surface area contributed by atoms with Crippen LogP contribution in [0.3, 0.4) is 0 Å². The Bertz CT molecular complexity index is 1090. The van der Waals surface area contributed by atoms with E-state index < -0.39 is 5.92 Å². The molecule has 1 aliphatic heterocycles. The minimum absolute atomic E-state index is 0.0378. The molecule has 2 heterocycles. The summed E-state index contributed by atoms with van der Waals surface area (Å²) >= 11 is 0. The number of benzene rings is 1. The molecule has 1 saturated carbocycles. The molecule has 1 saturated heterocycles. The van der Waals surface area contributed by atoms with E-state index in [4.69, 9.17) is 10.3 Å². The van der Waals surface area contributed by atoms with Gasteiger partial charge < -0.3 is 30.9 Å². The van der Waals surface area contributed by atoms with Gasteiger partial charge in [-0.1, -0.05) is 17.3 Å². The second-order valence-corrected chi connectivity index (χ2v) is 9.83. The average molecular weight is 498 g/mol. The Kier molecular flexibility index (Phi) is 8.25. The third-order valence-corrected chi connectivity index (χ3v) is 6.89. The average Bonchev–Trinajstić information content (AvgIpc) is 3.60. The van der Waals surface area contributed by atoms with Crippen molar-refractivity contribution in [1.82, 2.24) is 20.7 Å². The number of rotatable bonds is 10. The molecular weight excluding hydrogens is 462 g/mol. The van der Waals surface area contributed by atoms with Crippen LogP contribution in [0.1, 0.15) is 65.4 Å². The highest BCUT2D eigenvalue weighted by Crippen LogP contribution is 2.40. The summed E-state index contributed by atoms with van der Waals surface area (Å²) in [6, 6.07) is 6.95. The zero-order valence-electron chi connectivity index (χ0n) is 20.7. The smallest absolute Gasteiger partial charge is 0.273 e. The summed E-state index contributed by atoms with van der Waals surface area (Å²) < 4.78 is 5.28.